The molecule has 1 aliphatic rings. The maximum absolute atomic E-state index is 14.0. The Labute approximate surface area is 127 Å². The van der Waals surface area contributed by atoms with Gasteiger partial charge in [0.2, 0.25) is 0 Å². The lowest BCUT2D eigenvalue weighted by Gasteiger charge is -2.29. The zero-order valence-electron chi connectivity index (χ0n) is 11.2. The minimum atomic E-state index is -0.148. The number of hydrogen-bond donors (Lipinski definition) is 1. The van der Waals surface area contributed by atoms with Gasteiger partial charge in [-0.2, -0.15) is 0 Å². The third-order valence-corrected chi connectivity index (χ3v) is 4.88. The molecular weight excluding hydrogens is 317 g/mol. The van der Waals surface area contributed by atoms with E-state index < -0.39 is 0 Å². The molecule has 0 spiro atoms. The summed E-state index contributed by atoms with van der Waals surface area (Å²) in [5, 5.41) is 0. The van der Waals surface area contributed by atoms with Crippen LogP contribution >= 0.6 is 15.9 Å². The van der Waals surface area contributed by atoms with E-state index in [0.717, 1.165) is 22.9 Å². The molecule has 1 unspecified atom stereocenters. The van der Waals surface area contributed by atoms with Crippen LogP contribution in [0, 0.1) is 5.82 Å². The van der Waals surface area contributed by atoms with E-state index in [1.165, 1.54) is 17.2 Å². The number of fused-ring (bicyclic) bond motifs is 1. The predicted molar refractivity (Wildman–Crippen MR) is 83.3 cm³/mol. The summed E-state index contributed by atoms with van der Waals surface area (Å²) in [6, 6.07) is 13.5. The van der Waals surface area contributed by atoms with Gasteiger partial charge in [-0.05, 0) is 54.2 Å². The van der Waals surface area contributed by atoms with Gasteiger partial charge in [0.25, 0.3) is 0 Å². The lowest BCUT2D eigenvalue weighted by atomic mass is 9.76. The average molecular weight is 334 g/mol. The summed E-state index contributed by atoms with van der Waals surface area (Å²) in [5.74, 6) is -0.148. The van der Waals surface area contributed by atoms with Crippen molar-refractivity contribution in [3.8, 4) is 0 Å². The highest BCUT2D eigenvalue weighted by atomic mass is 79.9. The van der Waals surface area contributed by atoms with Crippen molar-refractivity contribution in [2.75, 3.05) is 6.54 Å². The Balaban J connectivity index is 2.02. The molecule has 0 aliphatic heterocycles. The zero-order chi connectivity index (χ0) is 14.2. The molecule has 0 aromatic heterocycles. The Morgan fingerprint density at radius 2 is 2.00 bits per heavy atom. The third-order valence-electron chi connectivity index (χ3n) is 4.39. The molecule has 0 fully saturated rings. The van der Waals surface area contributed by atoms with E-state index in [-0.39, 0.29) is 11.2 Å². The van der Waals surface area contributed by atoms with Crippen molar-refractivity contribution in [3.05, 3.63) is 69.4 Å². The fourth-order valence-electron chi connectivity index (χ4n) is 3.28. The molecule has 2 N–H and O–H groups in total. The normalized spacial score (nSPS) is 20.9. The number of nitrogens with two attached hydrogens (primary N) is 1. The lowest BCUT2D eigenvalue weighted by molar-refractivity contribution is 0.422. The minimum absolute atomic E-state index is 0.127. The predicted octanol–water partition coefficient (Wildman–Crippen LogP) is 3.97. The number of benzene rings is 2. The second-order valence-corrected chi connectivity index (χ2v) is 6.47. The first-order valence-corrected chi connectivity index (χ1v) is 7.66. The second kappa shape index (κ2) is 5.30. The van der Waals surface area contributed by atoms with Gasteiger partial charge >= 0.3 is 0 Å². The Hall–Kier alpha value is -1.19. The highest BCUT2D eigenvalue weighted by Crippen LogP contribution is 2.41. The van der Waals surface area contributed by atoms with Gasteiger partial charge in [-0.3, -0.25) is 0 Å². The number of rotatable bonds is 3. The van der Waals surface area contributed by atoms with Gasteiger partial charge in [0.15, 0.2) is 0 Å². The molecule has 0 amide bonds. The number of halogens is 2. The molecule has 1 aliphatic carbocycles. The molecule has 3 heteroatoms. The first kappa shape index (κ1) is 13.8. The summed E-state index contributed by atoms with van der Waals surface area (Å²) in [4.78, 5) is 0. The average Bonchev–Trinajstić information content (AvgIpc) is 2.83. The van der Waals surface area contributed by atoms with Crippen molar-refractivity contribution in [1.29, 1.82) is 0 Å². The Bertz CT molecular complexity index is 641. The topological polar surface area (TPSA) is 26.0 Å². The van der Waals surface area contributed by atoms with Crippen LogP contribution in [0.5, 0.6) is 0 Å². The highest BCUT2D eigenvalue weighted by Gasteiger charge is 2.37. The molecule has 0 saturated carbocycles. The van der Waals surface area contributed by atoms with Gasteiger partial charge in [-0.25, -0.2) is 4.39 Å². The minimum Gasteiger partial charge on any atom is -0.330 e. The molecule has 0 heterocycles. The van der Waals surface area contributed by atoms with E-state index in [1.807, 2.05) is 12.1 Å². The second-order valence-electron chi connectivity index (χ2n) is 5.55. The van der Waals surface area contributed by atoms with Crippen LogP contribution in [0.4, 0.5) is 4.39 Å². The van der Waals surface area contributed by atoms with Crippen LogP contribution in [0.25, 0.3) is 0 Å². The molecule has 3 rings (SSSR count). The Morgan fingerprint density at radius 1 is 1.20 bits per heavy atom. The van der Waals surface area contributed by atoms with Gasteiger partial charge in [0.1, 0.15) is 5.82 Å². The summed E-state index contributed by atoms with van der Waals surface area (Å²) in [6.45, 7) is 0.552. The van der Waals surface area contributed by atoms with E-state index in [1.54, 1.807) is 6.07 Å². The molecule has 0 saturated heterocycles. The van der Waals surface area contributed by atoms with Crippen LogP contribution in [-0.4, -0.2) is 6.54 Å². The molecule has 1 atom stereocenters. The Morgan fingerprint density at radius 3 is 2.80 bits per heavy atom. The monoisotopic (exact) mass is 333 g/mol. The van der Waals surface area contributed by atoms with Crippen molar-refractivity contribution in [3.63, 3.8) is 0 Å². The van der Waals surface area contributed by atoms with E-state index in [4.69, 9.17) is 5.73 Å². The van der Waals surface area contributed by atoms with Gasteiger partial charge in [-0.15, -0.1) is 0 Å². The van der Waals surface area contributed by atoms with Gasteiger partial charge in [0, 0.05) is 16.4 Å². The van der Waals surface area contributed by atoms with Gasteiger partial charge in [-0.1, -0.05) is 40.2 Å². The van der Waals surface area contributed by atoms with Crippen molar-refractivity contribution < 1.29 is 4.39 Å². The van der Waals surface area contributed by atoms with Crippen molar-refractivity contribution >= 4 is 15.9 Å². The fourth-order valence-corrected chi connectivity index (χ4v) is 3.68. The first-order chi connectivity index (χ1) is 9.64. The maximum Gasteiger partial charge on any atom is 0.126 e. The maximum atomic E-state index is 14.0. The van der Waals surface area contributed by atoms with E-state index in [2.05, 4.69) is 34.1 Å². The molecule has 1 nitrogen and oxygen atoms in total. The van der Waals surface area contributed by atoms with E-state index >= 15 is 0 Å². The zero-order valence-corrected chi connectivity index (χ0v) is 12.8. The SMILES string of the molecule is NCC1(Cc2cc(Br)ccc2F)CCc2ccccc21. The largest absolute Gasteiger partial charge is 0.330 e. The van der Waals surface area contributed by atoms with Gasteiger partial charge in [0.05, 0.1) is 0 Å². The summed E-state index contributed by atoms with van der Waals surface area (Å²) in [7, 11) is 0. The van der Waals surface area contributed by atoms with Crippen LogP contribution in [0.15, 0.2) is 46.9 Å². The van der Waals surface area contributed by atoms with Crippen LogP contribution in [-0.2, 0) is 18.3 Å². The smallest absolute Gasteiger partial charge is 0.126 e. The van der Waals surface area contributed by atoms with E-state index in [0.29, 0.717) is 13.0 Å². The number of hydrogen-bond acceptors (Lipinski definition) is 1. The molecular formula is C17H17BrFN. The molecule has 2 aromatic rings. The quantitative estimate of drug-likeness (QED) is 0.903. The van der Waals surface area contributed by atoms with Crippen LogP contribution < -0.4 is 5.73 Å². The first-order valence-electron chi connectivity index (χ1n) is 6.87. The van der Waals surface area contributed by atoms with Crippen molar-refractivity contribution in [2.24, 2.45) is 5.73 Å². The summed E-state index contributed by atoms with van der Waals surface area (Å²) in [6.07, 6.45) is 2.68. The molecule has 2 aromatic carbocycles. The highest BCUT2D eigenvalue weighted by molar-refractivity contribution is 9.10. The van der Waals surface area contributed by atoms with Crippen LogP contribution in [0.3, 0.4) is 0 Å². The summed E-state index contributed by atoms with van der Waals surface area (Å²) < 4.78 is 15.0. The molecule has 20 heavy (non-hydrogen) atoms. The Kier molecular flexibility index (Phi) is 3.65. The van der Waals surface area contributed by atoms with Crippen molar-refractivity contribution in [1.82, 2.24) is 0 Å². The van der Waals surface area contributed by atoms with Crippen LogP contribution in [0.2, 0.25) is 0 Å². The summed E-state index contributed by atoms with van der Waals surface area (Å²) >= 11 is 3.42. The number of aryl methyl sites for hydroxylation is 1. The molecule has 104 valence electrons. The van der Waals surface area contributed by atoms with Gasteiger partial charge < -0.3 is 5.73 Å². The van der Waals surface area contributed by atoms with E-state index in [9.17, 15) is 4.39 Å². The third kappa shape index (κ3) is 2.29. The fraction of sp³-hybridized carbons (Fsp3) is 0.294. The van der Waals surface area contributed by atoms with Crippen LogP contribution in [0.1, 0.15) is 23.1 Å². The summed E-state index contributed by atoms with van der Waals surface area (Å²) in [5.41, 5.74) is 9.34. The lowest BCUT2D eigenvalue weighted by Crippen LogP contribution is -2.35. The standard InChI is InChI=1S/C17H17BrFN/c18-14-5-6-16(19)13(9-14)10-17(11-20)8-7-12-3-1-2-4-15(12)17/h1-6,9H,7-8,10-11,20H2. The molecule has 0 radical (unpaired) electrons. The van der Waals surface area contributed by atoms with Crippen molar-refractivity contribution in [2.45, 2.75) is 24.7 Å². The molecule has 0 bridgehead atoms.